The van der Waals surface area contributed by atoms with Crippen LogP contribution in [0.3, 0.4) is 0 Å². The number of anilines is 1. The van der Waals surface area contributed by atoms with Crippen LogP contribution in [0.15, 0.2) is 39.5 Å². The molecule has 0 bridgehead atoms. The van der Waals surface area contributed by atoms with E-state index in [1.807, 2.05) is 0 Å². The van der Waals surface area contributed by atoms with Crippen LogP contribution in [0.4, 0.5) is 5.69 Å². The summed E-state index contributed by atoms with van der Waals surface area (Å²) in [5, 5.41) is 11.2. The molecule has 0 aliphatic heterocycles. The molecule has 2 rings (SSSR count). The highest BCUT2D eigenvalue weighted by Gasteiger charge is 2.11. The Morgan fingerprint density at radius 1 is 1.28 bits per heavy atom. The van der Waals surface area contributed by atoms with E-state index in [4.69, 9.17) is 9.52 Å². The van der Waals surface area contributed by atoms with Crippen molar-refractivity contribution in [1.82, 2.24) is 4.98 Å². The average molecular weight is 311 g/mol. The molecule has 2 aromatic heterocycles. The molecule has 2 aromatic rings. The summed E-state index contributed by atoms with van der Waals surface area (Å²) in [5.41, 5.74) is 0.297. The van der Waals surface area contributed by atoms with Crippen molar-refractivity contribution >= 4 is 33.5 Å². The number of furan rings is 1. The quantitative estimate of drug-likeness (QED) is 0.908. The van der Waals surface area contributed by atoms with Crippen molar-refractivity contribution in [2.45, 2.75) is 0 Å². The van der Waals surface area contributed by atoms with Gasteiger partial charge in [-0.2, -0.15) is 0 Å². The number of hydrogen-bond acceptors (Lipinski definition) is 4. The molecule has 0 saturated heterocycles. The maximum absolute atomic E-state index is 11.7. The second kappa shape index (κ2) is 5.01. The lowest BCUT2D eigenvalue weighted by Gasteiger charge is -2.02. The molecule has 2 N–H and O–H groups in total. The summed E-state index contributed by atoms with van der Waals surface area (Å²) in [6.07, 6.45) is 1.26. The Bertz CT molecular complexity index is 591. The second-order valence-corrected chi connectivity index (χ2v) is 4.08. The minimum atomic E-state index is -1.12. The van der Waals surface area contributed by atoms with Crippen molar-refractivity contribution in [3.63, 3.8) is 0 Å². The zero-order valence-electron chi connectivity index (χ0n) is 8.88. The number of carboxylic acid groups (broad SMARTS) is 1. The van der Waals surface area contributed by atoms with E-state index < -0.39 is 11.9 Å². The lowest BCUT2D eigenvalue weighted by atomic mass is 10.3. The number of halogens is 1. The summed E-state index contributed by atoms with van der Waals surface area (Å²) in [4.78, 5) is 25.9. The molecule has 6 nitrogen and oxygen atoms in total. The van der Waals surface area contributed by atoms with Crippen LogP contribution in [0.1, 0.15) is 21.0 Å². The van der Waals surface area contributed by atoms with E-state index in [2.05, 4.69) is 26.2 Å². The molecule has 92 valence electrons. The third-order valence-electron chi connectivity index (χ3n) is 2.04. The number of carboxylic acids is 1. The molecule has 0 atom stereocenters. The lowest BCUT2D eigenvalue weighted by Crippen LogP contribution is -2.11. The van der Waals surface area contributed by atoms with E-state index in [1.54, 1.807) is 6.07 Å². The highest BCUT2D eigenvalue weighted by Crippen LogP contribution is 2.15. The van der Waals surface area contributed by atoms with Crippen molar-refractivity contribution in [3.8, 4) is 0 Å². The summed E-state index contributed by atoms with van der Waals surface area (Å²) >= 11 is 3.09. The van der Waals surface area contributed by atoms with Gasteiger partial charge in [-0.25, -0.2) is 9.78 Å². The first-order valence-corrected chi connectivity index (χ1v) is 5.61. The maximum atomic E-state index is 11.7. The molecule has 7 heteroatoms. The van der Waals surface area contributed by atoms with Gasteiger partial charge >= 0.3 is 5.97 Å². The van der Waals surface area contributed by atoms with Crippen LogP contribution in [-0.4, -0.2) is 22.0 Å². The predicted molar refractivity (Wildman–Crippen MR) is 65.6 cm³/mol. The lowest BCUT2D eigenvalue weighted by molar-refractivity contribution is 0.0690. The van der Waals surface area contributed by atoms with E-state index in [9.17, 15) is 9.59 Å². The summed E-state index contributed by atoms with van der Waals surface area (Å²) in [7, 11) is 0. The van der Waals surface area contributed by atoms with E-state index in [0.717, 1.165) is 0 Å². The number of amides is 1. The molecule has 0 spiro atoms. The van der Waals surface area contributed by atoms with Crippen molar-refractivity contribution in [2.24, 2.45) is 0 Å². The summed E-state index contributed by atoms with van der Waals surface area (Å²) in [6.45, 7) is 0. The Morgan fingerprint density at radius 2 is 2.06 bits per heavy atom. The van der Waals surface area contributed by atoms with E-state index in [-0.39, 0.29) is 11.5 Å². The fourth-order valence-corrected chi connectivity index (χ4v) is 1.53. The maximum Gasteiger partial charge on any atom is 0.354 e. The van der Waals surface area contributed by atoms with Crippen molar-refractivity contribution in [2.75, 3.05) is 5.32 Å². The molecule has 0 aliphatic rings. The van der Waals surface area contributed by atoms with Crippen LogP contribution in [0, 0.1) is 0 Å². The molecule has 0 saturated carbocycles. The summed E-state index contributed by atoms with van der Waals surface area (Å²) < 4.78 is 5.52. The zero-order valence-corrected chi connectivity index (χ0v) is 10.5. The van der Waals surface area contributed by atoms with Crippen LogP contribution in [0.2, 0.25) is 0 Å². The van der Waals surface area contributed by atoms with Gasteiger partial charge in [0.15, 0.2) is 10.4 Å². The Kier molecular flexibility index (Phi) is 3.42. The van der Waals surface area contributed by atoms with E-state index >= 15 is 0 Å². The third kappa shape index (κ3) is 2.75. The molecule has 0 radical (unpaired) electrons. The molecular weight excluding hydrogens is 304 g/mol. The minimum Gasteiger partial charge on any atom is -0.477 e. The number of hydrogen-bond donors (Lipinski definition) is 2. The fourth-order valence-electron chi connectivity index (χ4n) is 1.22. The predicted octanol–water partition coefficient (Wildman–Crippen LogP) is 2.39. The van der Waals surface area contributed by atoms with Gasteiger partial charge in [-0.15, -0.1) is 0 Å². The number of carbonyl (C=O) groups excluding carboxylic acids is 1. The average Bonchev–Trinajstić information content (AvgIpc) is 2.76. The van der Waals surface area contributed by atoms with Crippen LogP contribution >= 0.6 is 15.9 Å². The molecule has 0 unspecified atom stereocenters. The van der Waals surface area contributed by atoms with Crippen LogP contribution in [-0.2, 0) is 0 Å². The van der Waals surface area contributed by atoms with Crippen LogP contribution in [0.25, 0.3) is 0 Å². The van der Waals surface area contributed by atoms with Crippen LogP contribution in [0.5, 0.6) is 0 Å². The van der Waals surface area contributed by atoms with Gasteiger partial charge in [-0.1, -0.05) is 0 Å². The number of nitrogens with one attached hydrogen (secondary N) is 1. The van der Waals surface area contributed by atoms with Gasteiger partial charge in [0.1, 0.15) is 5.69 Å². The fraction of sp³-hybridized carbons (Fsp3) is 0. The van der Waals surface area contributed by atoms with Crippen molar-refractivity contribution < 1.29 is 19.1 Å². The van der Waals surface area contributed by atoms with Gasteiger partial charge in [0.05, 0.1) is 11.9 Å². The Balaban J connectivity index is 2.10. The smallest absolute Gasteiger partial charge is 0.354 e. The number of aromatic carboxylic acids is 1. The molecule has 0 aliphatic carbocycles. The highest BCUT2D eigenvalue weighted by molar-refractivity contribution is 9.10. The molecule has 0 fully saturated rings. The molecule has 18 heavy (non-hydrogen) atoms. The minimum absolute atomic E-state index is 0.0891. The van der Waals surface area contributed by atoms with Gasteiger partial charge in [0.25, 0.3) is 5.91 Å². The second-order valence-electron chi connectivity index (χ2n) is 3.30. The molecule has 1 amide bonds. The number of pyridine rings is 1. The number of aromatic nitrogens is 1. The van der Waals surface area contributed by atoms with Gasteiger partial charge in [-0.05, 0) is 40.2 Å². The SMILES string of the molecule is O=C(O)c1ccc(NC(=O)c2ccc(Br)o2)cn1. The Hall–Kier alpha value is -2.15. The molecular formula is C11H7BrN2O4. The Labute approximate surface area is 110 Å². The van der Waals surface area contributed by atoms with E-state index in [1.165, 1.54) is 24.4 Å². The molecule has 0 aromatic carbocycles. The normalized spacial score (nSPS) is 10.1. The first-order valence-electron chi connectivity index (χ1n) is 4.82. The highest BCUT2D eigenvalue weighted by atomic mass is 79.9. The van der Waals surface area contributed by atoms with E-state index in [0.29, 0.717) is 10.4 Å². The number of nitrogens with zero attached hydrogens (tertiary/aromatic N) is 1. The first-order chi connectivity index (χ1) is 8.56. The number of rotatable bonds is 3. The van der Waals surface area contributed by atoms with Gasteiger partial charge < -0.3 is 14.8 Å². The topological polar surface area (TPSA) is 92.4 Å². The van der Waals surface area contributed by atoms with Gasteiger partial charge in [0, 0.05) is 0 Å². The summed E-state index contributed by atoms with van der Waals surface area (Å²) in [6, 6.07) is 5.86. The zero-order chi connectivity index (χ0) is 13.1. The largest absolute Gasteiger partial charge is 0.477 e. The van der Waals surface area contributed by atoms with Gasteiger partial charge in [-0.3, -0.25) is 4.79 Å². The first kappa shape index (κ1) is 12.3. The molecule has 2 heterocycles. The Morgan fingerprint density at radius 3 is 2.56 bits per heavy atom. The summed E-state index contributed by atoms with van der Waals surface area (Å²) in [5.74, 6) is -1.42. The third-order valence-corrected chi connectivity index (χ3v) is 2.46. The number of carbonyl (C=O) groups is 2. The standard InChI is InChI=1S/C11H7BrN2O4/c12-9-4-3-8(18-9)10(15)14-6-1-2-7(11(16)17)13-5-6/h1-5H,(H,14,15)(H,16,17). The van der Waals surface area contributed by atoms with Crippen molar-refractivity contribution in [3.05, 3.63) is 46.6 Å². The van der Waals surface area contributed by atoms with Crippen LogP contribution < -0.4 is 5.32 Å². The van der Waals surface area contributed by atoms with Gasteiger partial charge in [0.2, 0.25) is 0 Å². The monoisotopic (exact) mass is 310 g/mol. The van der Waals surface area contributed by atoms with Crippen molar-refractivity contribution in [1.29, 1.82) is 0 Å².